The molecular formula is C12H17N3OS. The van der Waals surface area contributed by atoms with Crippen LogP contribution >= 0.6 is 11.3 Å². The Morgan fingerprint density at radius 3 is 2.94 bits per heavy atom. The van der Waals surface area contributed by atoms with Crippen molar-refractivity contribution in [3.8, 4) is 5.75 Å². The Balaban J connectivity index is 2.22. The predicted molar refractivity (Wildman–Crippen MR) is 69.6 cm³/mol. The van der Waals surface area contributed by atoms with Crippen LogP contribution in [-0.2, 0) is 0 Å². The van der Waals surface area contributed by atoms with Crippen LogP contribution < -0.4 is 10.5 Å². The van der Waals surface area contributed by atoms with Crippen molar-refractivity contribution in [3.05, 3.63) is 34.3 Å². The second-order valence-corrected chi connectivity index (χ2v) is 5.11. The zero-order chi connectivity index (χ0) is 12.3. The third-order valence-corrected chi connectivity index (χ3v) is 3.62. The molecule has 0 fully saturated rings. The summed E-state index contributed by atoms with van der Waals surface area (Å²) in [6.07, 6.45) is 3.63. The molecule has 4 nitrogen and oxygen atoms in total. The second kappa shape index (κ2) is 5.33. The molecule has 2 heterocycles. The maximum Gasteiger partial charge on any atom is 0.157 e. The third-order valence-electron chi connectivity index (χ3n) is 2.52. The van der Waals surface area contributed by atoms with Crippen LogP contribution in [0.1, 0.15) is 22.7 Å². The molecule has 2 rings (SSSR count). The number of nitrogens with two attached hydrogens (primary N) is 1. The van der Waals surface area contributed by atoms with E-state index in [1.54, 1.807) is 17.5 Å². The maximum atomic E-state index is 5.83. The summed E-state index contributed by atoms with van der Waals surface area (Å²) in [6.45, 7) is 5.24. The summed E-state index contributed by atoms with van der Waals surface area (Å²) in [6, 6.07) is 4.32. The molecule has 0 amide bonds. The molecule has 2 aromatic heterocycles. The fourth-order valence-electron chi connectivity index (χ4n) is 1.72. The number of nitrogens with zero attached hydrogens (tertiary/aromatic N) is 2. The molecule has 0 bridgehead atoms. The Kier molecular flexibility index (Phi) is 3.81. The molecule has 0 aliphatic rings. The van der Waals surface area contributed by atoms with Crippen molar-refractivity contribution in [3.63, 3.8) is 0 Å². The lowest BCUT2D eigenvalue weighted by molar-refractivity contribution is 0.339. The van der Waals surface area contributed by atoms with Gasteiger partial charge in [0.05, 0.1) is 25.0 Å². The minimum absolute atomic E-state index is 0.0999. The lowest BCUT2D eigenvalue weighted by Crippen LogP contribution is -2.19. The van der Waals surface area contributed by atoms with Gasteiger partial charge in [-0.05, 0) is 26.0 Å². The smallest absolute Gasteiger partial charge is 0.157 e. The third kappa shape index (κ3) is 2.68. The van der Waals surface area contributed by atoms with E-state index >= 15 is 0 Å². The van der Waals surface area contributed by atoms with Gasteiger partial charge < -0.3 is 10.5 Å². The summed E-state index contributed by atoms with van der Waals surface area (Å²) in [5.74, 6) is 0.791. The highest BCUT2D eigenvalue weighted by molar-refractivity contribution is 7.12. The van der Waals surface area contributed by atoms with Gasteiger partial charge in [-0.1, -0.05) is 0 Å². The molecule has 1 unspecified atom stereocenters. The van der Waals surface area contributed by atoms with E-state index in [9.17, 15) is 0 Å². The van der Waals surface area contributed by atoms with E-state index in [0.717, 1.165) is 5.75 Å². The Morgan fingerprint density at radius 2 is 2.35 bits per heavy atom. The van der Waals surface area contributed by atoms with E-state index < -0.39 is 0 Å². The van der Waals surface area contributed by atoms with Crippen LogP contribution in [0.2, 0.25) is 0 Å². The van der Waals surface area contributed by atoms with Crippen molar-refractivity contribution < 1.29 is 4.74 Å². The monoisotopic (exact) mass is 251 g/mol. The lowest BCUT2D eigenvalue weighted by atomic mass is 10.2. The first-order valence-corrected chi connectivity index (χ1v) is 6.49. The van der Waals surface area contributed by atoms with Gasteiger partial charge in [0.25, 0.3) is 0 Å². The molecule has 0 aliphatic carbocycles. The van der Waals surface area contributed by atoms with Crippen LogP contribution in [-0.4, -0.2) is 22.9 Å². The van der Waals surface area contributed by atoms with E-state index in [2.05, 4.69) is 24.2 Å². The number of rotatable bonds is 5. The fourth-order valence-corrected chi connectivity index (χ4v) is 2.70. The van der Waals surface area contributed by atoms with E-state index in [0.29, 0.717) is 13.2 Å². The molecule has 0 aliphatic heterocycles. The van der Waals surface area contributed by atoms with Crippen molar-refractivity contribution in [2.75, 3.05) is 13.2 Å². The number of hydrogen-bond acceptors (Lipinski definition) is 4. The molecule has 0 saturated heterocycles. The topological polar surface area (TPSA) is 53.1 Å². The summed E-state index contributed by atoms with van der Waals surface area (Å²) < 4.78 is 7.27. The highest BCUT2D eigenvalue weighted by atomic mass is 32.1. The number of aromatic nitrogens is 2. The molecule has 92 valence electrons. The molecule has 0 aromatic carbocycles. The fraction of sp³-hybridized carbons (Fsp3) is 0.417. The Hall–Kier alpha value is -1.33. The minimum Gasteiger partial charge on any atom is -0.491 e. The molecular weight excluding hydrogens is 234 g/mol. The van der Waals surface area contributed by atoms with Gasteiger partial charge >= 0.3 is 0 Å². The Labute approximate surface area is 105 Å². The number of aryl methyl sites for hydroxylation is 1. The van der Waals surface area contributed by atoms with Crippen molar-refractivity contribution in [2.45, 2.75) is 19.9 Å². The van der Waals surface area contributed by atoms with Crippen LogP contribution in [0.15, 0.2) is 24.5 Å². The first-order chi connectivity index (χ1) is 8.24. The zero-order valence-electron chi connectivity index (χ0n) is 10.1. The average molecular weight is 251 g/mol. The summed E-state index contributed by atoms with van der Waals surface area (Å²) in [4.78, 5) is 2.52. The molecule has 2 N–H and O–H groups in total. The van der Waals surface area contributed by atoms with Gasteiger partial charge in [-0.2, -0.15) is 5.10 Å². The van der Waals surface area contributed by atoms with Crippen molar-refractivity contribution in [1.29, 1.82) is 0 Å². The van der Waals surface area contributed by atoms with Gasteiger partial charge in [0.2, 0.25) is 0 Å². The van der Waals surface area contributed by atoms with Crippen LogP contribution in [0.5, 0.6) is 5.75 Å². The van der Waals surface area contributed by atoms with Crippen LogP contribution in [0.4, 0.5) is 0 Å². The van der Waals surface area contributed by atoms with Gasteiger partial charge in [0, 0.05) is 16.3 Å². The zero-order valence-corrected chi connectivity index (χ0v) is 10.9. The van der Waals surface area contributed by atoms with Crippen LogP contribution in [0, 0.1) is 6.92 Å². The van der Waals surface area contributed by atoms with E-state index in [1.165, 1.54) is 9.75 Å². The van der Waals surface area contributed by atoms with Crippen molar-refractivity contribution in [2.24, 2.45) is 5.73 Å². The number of hydrogen-bond donors (Lipinski definition) is 1. The van der Waals surface area contributed by atoms with Crippen LogP contribution in [0.25, 0.3) is 0 Å². The molecule has 1 atom stereocenters. The van der Waals surface area contributed by atoms with Gasteiger partial charge in [-0.25, -0.2) is 0 Å². The van der Waals surface area contributed by atoms with Gasteiger partial charge in [0.15, 0.2) is 5.75 Å². The standard InChI is InChI=1S/C12H17N3OS/c1-3-16-10-7-14-15(8-10)11(6-13)12-5-4-9(2)17-12/h4-5,7-8,11H,3,6,13H2,1-2H3. The number of ether oxygens (including phenoxy) is 1. The summed E-state index contributed by atoms with van der Waals surface area (Å²) in [5.41, 5.74) is 5.83. The minimum atomic E-state index is 0.0999. The quantitative estimate of drug-likeness (QED) is 0.886. The number of thiophene rings is 1. The Morgan fingerprint density at radius 1 is 1.53 bits per heavy atom. The molecule has 5 heteroatoms. The first kappa shape index (κ1) is 12.1. The molecule has 17 heavy (non-hydrogen) atoms. The Bertz CT molecular complexity index is 478. The SMILES string of the molecule is CCOc1cnn(C(CN)c2ccc(C)s2)c1. The predicted octanol–water partition coefficient (Wildman–Crippen LogP) is 2.20. The average Bonchev–Trinajstić information content (AvgIpc) is 2.91. The maximum absolute atomic E-state index is 5.83. The van der Waals surface area contributed by atoms with E-state index in [4.69, 9.17) is 10.5 Å². The summed E-state index contributed by atoms with van der Waals surface area (Å²) >= 11 is 1.76. The van der Waals surface area contributed by atoms with E-state index in [1.807, 2.05) is 17.8 Å². The largest absolute Gasteiger partial charge is 0.491 e. The molecule has 0 spiro atoms. The summed E-state index contributed by atoms with van der Waals surface area (Å²) in [7, 11) is 0. The van der Waals surface area contributed by atoms with Crippen molar-refractivity contribution >= 4 is 11.3 Å². The second-order valence-electron chi connectivity index (χ2n) is 3.79. The normalized spacial score (nSPS) is 12.6. The van der Waals surface area contributed by atoms with E-state index in [-0.39, 0.29) is 6.04 Å². The van der Waals surface area contributed by atoms with Gasteiger partial charge in [-0.15, -0.1) is 11.3 Å². The molecule has 2 aromatic rings. The summed E-state index contributed by atoms with van der Waals surface area (Å²) in [5, 5.41) is 4.31. The molecule has 0 saturated carbocycles. The highest BCUT2D eigenvalue weighted by Gasteiger charge is 2.15. The highest BCUT2D eigenvalue weighted by Crippen LogP contribution is 2.26. The molecule has 0 radical (unpaired) electrons. The first-order valence-electron chi connectivity index (χ1n) is 5.68. The lowest BCUT2D eigenvalue weighted by Gasteiger charge is -2.13. The van der Waals surface area contributed by atoms with Crippen molar-refractivity contribution in [1.82, 2.24) is 9.78 Å². The van der Waals surface area contributed by atoms with Gasteiger partial charge in [-0.3, -0.25) is 4.68 Å². The van der Waals surface area contributed by atoms with Gasteiger partial charge in [0.1, 0.15) is 0 Å². The van der Waals surface area contributed by atoms with Crippen LogP contribution in [0.3, 0.4) is 0 Å².